The number of imidazole rings is 1. The van der Waals surface area contributed by atoms with Crippen LogP contribution in [0.15, 0.2) is 35.7 Å². The molecule has 2 aromatic rings. The molecule has 0 bridgehead atoms. The van der Waals surface area contributed by atoms with Gasteiger partial charge in [-0.25, -0.2) is 13.8 Å². The van der Waals surface area contributed by atoms with Crippen LogP contribution in [-0.4, -0.2) is 18.0 Å². The number of nitrogens with zero attached hydrogens (tertiary/aromatic N) is 2. The first kappa shape index (κ1) is 12.5. The minimum Gasteiger partial charge on any atom is -0.339 e. The fraction of sp³-hybridized carbons (Fsp3) is 0.100. The molecule has 1 N–H and O–H groups in total. The number of hydrogen-bond donors (Lipinski definition) is 1. The fourth-order valence-corrected chi connectivity index (χ4v) is 2.33. The Morgan fingerprint density at radius 2 is 2.00 bits per heavy atom. The smallest absolute Gasteiger partial charge is 0.280 e. The van der Waals surface area contributed by atoms with Crippen LogP contribution in [0, 0.1) is 11.6 Å². The molecule has 1 heterocycles. The van der Waals surface area contributed by atoms with Crippen LogP contribution in [0.5, 0.6) is 0 Å². The molecule has 0 amide bonds. The molecule has 96 valence electrons. The van der Waals surface area contributed by atoms with Crippen molar-refractivity contribution in [3.05, 3.63) is 42.4 Å². The maximum absolute atomic E-state index is 12.9. The second-order valence-corrected chi connectivity index (χ2v) is 5.24. The van der Waals surface area contributed by atoms with E-state index in [2.05, 4.69) is 9.71 Å². The summed E-state index contributed by atoms with van der Waals surface area (Å²) in [6.07, 6.45) is 2.61. The van der Waals surface area contributed by atoms with Crippen molar-refractivity contribution in [2.24, 2.45) is 7.05 Å². The summed E-state index contributed by atoms with van der Waals surface area (Å²) in [5, 5.41) is -0.199. The maximum atomic E-state index is 12.9. The van der Waals surface area contributed by atoms with Crippen molar-refractivity contribution < 1.29 is 17.2 Å². The van der Waals surface area contributed by atoms with Crippen molar-refractivity contribution in [2.45, 2.75) is 5.03 Å². The largest absolute Gasteiger partial charge is 0.339 e. The summed E-state index contributed by atoms with van der Waals surface area (Å²) in [7, 11) is -2.28. The Bertz CT molecular complexity index is 682. The molecule has 8 heteroatoms. The summed E-state index contributed by atoms with van der Waals surface area (Å²) in [5.41, 5.74) is -0.0699. The van der Waals surface area contributed by atoms with Gasteiger partial charge in [-0.15, -0.1) is 0 Å². The molecule has 0 aliphatic rings. The lowest BCUT2D eigenvalue weighted by atomic mass is 10.3. The Morgan fingerprint density at radius 1 is 1.28 bits per heavy atom. The zero-order chi connectivity index (χ0) is 13.3. The number of benzene rings is 1. The lowest BCUT2D eigenvalue weighted by Gasteiger charge is -2.05. The third-order valence-corrected chi connectivity index (χ3v) is 3.39. The molecule has 0 spiro atoms. The van der Waals surface area contributed by atoms with Crippen LogP contribution in [0.25, 0.3) is 0 Å². The zero-order valence-corrected chi connectivity index (χ0v) is 10.1. The van der Waals surface area contributed by atoms with Gasteiger partial charge < -0.3 is 4.57 Å². The van der Waals surface area contributed by atoms with Gasteiger partial charge in [0.25, 0.3) is 10.0 Å². The molecular weight excluding hydrogens is 264 g/mol. The lowest BCUT2D eigenvalue weighted by molar-refractivity contribution is 0.509. The Balaban J connectivity index is 2.30. The summed E-state index contributed by atoms with van der Waals surface area (Å²) >= 11 is 0. The van der Waals surface area contributed by atoms with Crippen molar-refractivity contribution in [1.82, 2.24) is 9.55 Å². The van der Waals surface area contributed by atoms with Crippen molar-refractivity contribution >= 4 is 15.7 Å². The second-order valence-electron chi connectivity index (χ2n) is 3.61. The standard InChI is InChI=1S/C10H9F2N3O2S/c1-15-5-10(13-6-15)18(16,17)14-7-2-3-8(11)9(12)4-7/h2-6,14H,1H3. The lowest BCUT2D eigenvalue weighted by Crippen LogP contribution is -2.13. The van der Waals surface area contributed by atoms with Gasteiger partial charge in [-0.05, 0) is 12.1 Å². The van der Waals surface area contributed by atoms with E-state index >= 15 is 0 Å². The highest BCUT2D eigenvalue weighted by Crippen LogP contribution is 2.17. The van der Waals surface area contributed by atoms with Crippen LogP contribution >= 0.6 is 0 Å². The van der Waals surface area contributed by atoms with E-state index in [1.807, 2.05) is 0 Å². The van der Waals surface area contributed by atoms with Gasteiger partial charge in [0.2, 0.25) is 0 Å². The van der Waals surface area contributed by atoms with E-state index in [1.165, 1.54) is 17.1 Å². The van der Waals surface area contributed by atoms with Crippen LogP contribution in [0.4, 0.5) is 14.5 Å². The first-order valence-electron chi connectivity index (χ1n) is 4.84. The molecule has 1 aromatic carbocycles. The highest BCUT2D eigenvalue weighted by Gasteiger charge is 2.17. The third kappa shape index (κ3) is 2.48. The Kier molecular flexibility index (Phi) is 3.04. The highest BCUT2D eigenvalue weighted by atomic mass is 32.2. The Labute approximate surface area is 102 Å². The van der Waals surface area contributed by atoms with E-state index in [0.717, 1.165) is 18.2 Å². The summed E-state index contributed by atoms with van der Waals surface area (Å²) in [4.78, 5) is 3.67. The number of aromatic nitrogens is 2. The molecule has 0 saturated heterocycles. The fourth-order valence-electron chi connectivity index (χ4n) is 1.29. The summed E-state index contributed by atoms with van der Waals surface area (Å²) in [6.45, 7) is 0. The van der Waals surface area contributed by atoms with E-state index in [1.54, 1.807) is 7.05 Å². The van der Waals surface area contributed by atoms with Crippen molar-refractivity contribution in [2.75, 3.05) is 4.72 Å². The summed E-state index contributed by atoms with van der Waals surface area (Å²) in [6, 6.07) is 2.72. The molecule has 5 nitrogen and oxygen atoms in total. The molecule has 0 aliphatic carbocycles. The minimum atomic E-state index is -3.89. The van der Waals surface area contributed by atoms with Gasteiger partial charge in [-0.2, -0.15) is 8.42 Å². The van der Waals surface area contributed by atoms with Crippen molar-refractivity contribution in [3.63, 3.8) is 0 Å². The molecular formula is C10H9F2N3O2S. The SMILES string of the molecule is Cn1cnc(S(=O)(=O)Nc2ccc(F)c(F)c2)c1. The average Bonchev–Trinajstić information content (AvgIpc) is 2.71. The summed E-state index contributed by atoms with van der Waals surface area (Å²) in [5.74, 6) is -2.17. The molecule has 0 radical (unpaired) electrons. The summed E-state index contributed by atoms with van der Waals surface area (Å²) < 4.78 is 52.8. The molecule has 0 atom stereocenters. The molecule has 0 fully saturated rings. The van der Waals surface area contributed by atoms with Crippen LogP contribution in [0.1, 0.15) is 0 Å². The van der Waals surface area contributed by atoms with Crippen molar-refractivity contribution in [3.8, 4) is 0 Å². The van der Waals surface area contributed by atoms with Gasteiger partial charge in [0.15, 0.2) is 16.7 Å². The van der Waals surface area contributed by atoms with Gasteiger partial charge in [0.1, 0.15) is 0 Å². The first-order chi connectivity index (χ1) is 8.38. The predicted octanol–water partition coefficient (Wildman–Crippen LogP) is 1.50. The first-order valence-corrected chi connectivity index (χ1v) is 6.32. The molecule has 1 aromatic heterocycles. The predicted molar refractivity (Wildman–Crippen MR) is 60.4 cm³/mol. The van der Waals surface area contributed by atoms with Crippen LogP contribution in [-0.2, 0) is 17.1 Å². The monoisotopic (exact) mass is 273 g/mol. The van der Waals surface area contributed by atoms with Crippen molar-refractivity contribution in [1.29, 1.82) is 0 Å². The topological polar surface area (TPSA) is 64.0 Å². The molecule has 18 heavy (non-hydrogen) atoms. The number of halogens is 2. The molecule has 0 saturated carbocycles. The minimum absolute atomic E-state index is 0.0699. The van der Waals surface area contributed by atoms with Crippen LogP contribution in [0.3, 0.4) is 0 Å². The number of sulfonamides is 1. The molecule has 0 aliphatic heterocycles. The van der Waals surface area contributed by atoms with Crippen LogP contribution < -0.4 is 4.72 Å². The Hall–Kier alpha value is -1.96. The van der Waals surface area contributed by atoms with Gasteiger partial charge in [0, 0.05) is 19.3 Å². The number of anilines is 1. The number of aryl methyl sites for hydroxylation is 1. The maximum Gasteiger partial charge on any atom is 0.280 e. The molecule has 0 unspecified atom stereocenters. The Morgan fingerprint density at radius 3 is 2.56 bits per heavy atom. The van der Waals surface area contributed by atoms with Gasteiger partial charge >= 0.3 is 0 Å². The van der Waals surface area contributed by atoms with E-state index in [9.17, 15) is 17.2 Å². The van der Waals surface area contributed by atoms with Gasteiger partial charge in [-0.1, -0.05) is 0 Å². The van der Waals surface area contributed by atoms with Crippen LogP contribution in [0.2, 0.25) is 0 Å². The molecule has 2 rings (SSSR count). The van der Waals surface area contributed by atoms with Gasteiger partial charge in [0.05, 0.1) is 12.0 Å². The zero-order valence-electron chi connectivity index (χ0n) is 9.26. The van der Waals surface area contributed by atoms with E-state index < -0.39 is 21.7 Å². The third-order valence-electron chi connectivity index (χ3n) is 2.13. The quantitative estimate of drug-likeness (QED) is 0.921. The van der Waals surface area contributed by atoms with E-state index in [4.69, 9.17) is 0 Å². The number of hydrogen-bond acceptors (Lipinski definition) is 3. The number of rotatable bonds is 3. The van der Waals surface area contributed by atoms with E-state index in [-0.39, 0.29) is 10.7 Å². The van der Waals surface area contributed by atoms with Gasteiger partial charge in [-0.3, -0.25) is 4.72 Å². The van der Waals surface area contributed by atoms with E-state index in [0.29, 0.717) is 0 Å². The second kappa shape index (κ2) is 4.37. The average molecular weight is 273 g/mol. The number of nitrogens with one attached hydrogen (secondary N) is 1. The normalized spacial score (nSPS) is 11.5. The highest BCUT2D eigenvalue weighted by molar-refractivity contribution is 7.92.